The van der Waals surface area contributed by atoms with Gasteiger partial charge in [-0.1, -0.05) is 55.4 Å². The summed E-state index contributed by atoms with van der Waals surface area (Å²) in [6.07, 6.45) is -0.831. The molecule has 24 heavy (non-hydrogen) atoms. The first kappa shape index (κ1) is 20.3. The van der Waals surface area contributed by atoms with E-state index in [2.05, 4.69) is 55.4 Å². The summed E-state index contributed by atoms with van der Waals surface area (Å²) in [7, 11) is -5.19. The van der Waals surface area contributed by atoms with E-state index < -0.39 is 23.2 Å². The Morgan fingerprint density at radius 1 is 0.875 bits per heavy atom. The molecule has 0 saturated carbocycles. The van der Waals surface area contributed by atoms with Crippen LogP contribution in [0.25, 0.3) is 0 Å². The smallest absolute Gasteiger partial charge is 0.335 e. The Hall–Kier alpha value is -0.0562. The van der Waals surface area contributed by atoms with E-state index in [4.69, 9.17) is 17.7 Å². The molecule has 2 heterocycles. The molecule has 140 valence electrons. The minimum Gasteiger partial charge on any atom is -0.414 e. The molecular formula is C17H34O5Si2. The summed E-state index contributed by atoms with van der Waals surface area (Å²) in [5.74, 6) is 0.0219. The van der Waals surface area contributed by atoms with Gasteiger partial charge < -0.3 is 17.7 Å². The largest absolute Gasteiger partial charge is 0.414 e. The van der Waals surface area contributed by atoms with Gasteiger partial charge in [0.15, 0.2) is 5.78 Å². The van der Waals surface area contributed by atoms with Crippen molar-refractivity contribution >= 4 is 22.9 Å². The number of carbonyl (C=O) groups is 1. The van der Waals surface area contributed by atoms with Gasteiger partial charge in [-0.2, -0.15) is 0 Å². The molecule has 2 fully saturated rings. The SMILES string of the molecule is CC(C)[Si]1(C(C)C)OCC2OCC(=O)[C@@H]2O[Si](C(C)C)(C(C)C)O1. The maximum absolute atomic E-state index is 12.3. The lowest BCUT2D eigenvalue weighted by Crippen LogP contribution is -2.65. The zero-order valence-electron chi connectivity index (χ0n) is 16.4. The fourth-order valence-electron chi connectivity index (χ4n) is 3.97. The Balaban J connectivity index is 2.53. The van der Waals surface area contributed by atoms with Gasteiger partial charge in [0.2, 0.25) is 0 Å². The van der Waals surface area contributed by atoms with Crippen LogP contribution in [0.2, 0.25) is 22.2 Å². The highest BCUT2D eigenvalue weighted by molar-refractivity contribution is 6.84. The van der Waals surface area contributed by atoms with Crippen LogP contribution >= 0.6 is 0 Å². The molecule has 2 aliphatic heterocycles. The van der Waals surface area contributed by atoms with Crippen LogP contribution in [0.3, 0.4) is 0 Å². The van der Waals surface area contributed by atoms with Gasteiger partial charge in [0, 0.05) is 0 Å². The van der Waals surface area contributed by atoms with Crippen molar-refractivity contribution in [2.75, 3.05) is 13.2 Å². The second-order valence-electron chi connectivity index (χ2n) is 8.33. The molecule has 5 nitrogen and oxygen atoms in total. The van der Waals surface area contributed by atoms with E-state index >= 15 is 0 Å². The van der Waals surface area contributed by atoms with Crippen molar-refractivity contribution in [3.63, 3.8) is 0 Å². The summed E-state index contributed by atoms with van der Waals surface area (Å²) in [6, 6.07) is 0. The number of carbonyl (C=O) groups excluding carboxylic acids is 1. The van der Waals surface area contributed by atoms with Crippen molar-refractivity contribution in [3.8, 4) is 0 Å². The Morgan fingerprint density at radius 2 is 1.38 bits per heavy atom. The Kier molecular flexibility index (Phi) is 6.15. The lowest BCUT2D eigenvalue weighted by atomic mass is 10.2. The summed E-state index contributed by atoms with van der Waals surface area (Å²) >= 11 is 0. The number of Topliss-reactive ketones (excluding diaryl/α,β-unsaturated/α-hetero) is 1. The molecule has 0 aliphatic carbocycles. The Bertz CT molecular complexity index is 448. The maximum Gasteiger partial charge on any atom is 0.335 e. The third-order valence-electron chi connectivity index (χ3n) is 5.42. The standard InChI is InChI=1S/C17H34O5Si2/c1-11(2)23(12(3)4)20-10-16-17(15(18)9-19-16)21-24(22-23,13(5)6)14(7)8/h11-14,16-17H,9-10H2,1-8H3/t16?,17-/m0/s1. The van der Waals surface area contributed by atoms with Gasteiger partial charge in [0.05, 0.1) is 6.61 Å². The first-order valence-electron chi connectivity index (χ1n) is 9.23. The summed E-state index contributed by atoms with van der Waals surface area (Å²) < 4.78 is 25.8. The number of rotatable bonds is 4. The van der Waals surface area contributed by atoms with Crippen LogP contribution in [-0.2, 0) is 22.5 Å². The van der Waals surface area contributed by atoms with E-state index in [1.54, 1.807) is 0 Å². The second-order valence-corrected chi connectivity index (χ2v) is 17.2. The van der Waals surface area contributed by atoms with E-state index in [-0.39, 0.29) is 29.6 Å². The third kappa shape index (κ3) is 3.31. The van der Waals surface area contributed by atoms with Crippen molar-refractivity contribution < 1.29 is 22.5 Å². The topological polar surface area (TPSA) is 54.0 Å². The van der Waals surface area contributed by atoms with Crippen molar-refractivity contribution in [3.05, 3.63) is 0 Å². The molecule has 0 aromatic rings. The second kappa shape index (κ2) is 7.28. The van der Waals surface area contributed by atoms with Crippen molar-refractivity contribution in [2.45, 2.75) is 89.8 Å². The molecule has 2 aliphatic rings. The van der Waals surface area contributed by atoms with Crippen molar-refractivity contribution in [1.82, 2.24) is 0 Å². The summed E-state index contributed by atoms with van der Waals surface area (Å²) in [5, 5.41) is 0. The predicted molar refractivity (Wildman–Crippen MR) is 98.6 cm³/mol. The van der Waals surface area contributed by atoms with E-state index in [9.17, 15) is 4.79 Å². The predicted octanol–water partition coefficient (Wildman–Crippen LogP) is 3.91. The molecule has 2 rings (SSSR count). The summed E-state index contributed by atoms with van der Waals surface area (Å²) in [4.78, 5) is 12.3. The zero-order valence-corrected chi connectivity index (χ0v) is 18.4. The van der Waals surface area contributed by atoms with Gasteiger partial charge >= 0.3 is 17.1 Å². The van der Waals surface area contributed by atoms with E-state index in [1.165, 1.54) is 0 Å². The molecule has 0 spiro atoms. The van der Waals surface area contributed by atoms with Crippen molar-refractivity contribution in [1.29, 1.82) is 0 Å². The van der Waals surface area contributed by atoms with E-state index in [1.807, 2.05) is 0 Å². The zero-order chi connectivity index (χ0) is 18.3. The first-order valence-corrected chi connectivity index (χ1v) is 13.2. The van der Waals surface area contributed by atoms with Crippen LogP contribution in [0.5, 0.6) is 0 Å². The average Bonchev–Trinajstić information content (AvgIpc) is 2.77. The molecule has 0 aromatic heterocycles. The lowest BCUT2D eigenvalue weighted by molar-refractivity contribution is -0.124. The fourth-order valence-corrected chi connectivity index (χ4v) is 15.1. The monoisotopic (exact) mass is 374 g/mol. The van der Waals surface area contributed by atoms with Crippen LogP contribution in [0.1, 0.15) is 55.4 Å². The molecule has 0 amide bonds. The molecule has 2 saturated heterocycles. The minimum atomic E-state index is -2.67. The molecule has 0 radical (unpaired) electrons. The number of ether oxygens (including phenoxy) is 1. The molecule has 2 atom stereocenters. The molecule has 0 aromatic carbocycles. The highest BCUT2D eigenvalue weighted by Gasteiger charge is 2.60. The van der Waals surface area contributed by atoms with Crippen LogP contribution in [0, 0.1) is 0 Å². The van der Waals surface area contributed by atoms with Crippen LogP contribution in [0.15, 0.2) is 0 Å². The third-order valence-corrected chi connectivity index (χ3v) is 15.6. The van der Waals surface area contributed by atoms with E-state index in [0.717, 1.165) is 0 Å². The number of hydrogen-bond donors (Lipinski definition) is 0. The van der Waals surface area contributed by atoms with E-state index in [0.29, 0.717) is 17.7 Å². The maximum atomic E-state index is 12.3. The average molecular weight is 375 g/mol. The molecular weight excluding hydrogens is 340 g/mol. The molecule has 0 N–H and O–H groups in total. The Morgan fingerprint density at radius 3 is 1.83 bits per heavy atom. The quantitative estimate of drug-likeness (QED) is 0.698. The van der Waals surface area contributed by atoms with Crippen LogP contribution in [0.4, 0.5) is 0 Å². The number of ketones is 1. The number of fused-ring (bicyclic) bond motifs is 1. The van der Waals surface area contributed by atoms with Gasteiger partial charge in [0.1, 0.15) is 18.8 Å². The van der Waals surface area contributed by atoms with Crippen LogP contribution in [-0.4, -0.2) is 48.3 Å². The van der Waals surface area contributed by atoms with Gasteiger partial charge in [-0.05, 0) is 22.2 Å². The van der Waals surface area contributed by atoms with Crippen LogP contribution < -0.4 is 0 Å². The molecule has 1 unspecified atom stereocenters. The molecule has 0 bridgehead atoms. The van der Waals surface area contributed by atoms with Gasteiger partial charge in [-0.3, -0.25) is 4.79 Å². The van der Waals surface area contributed by atoms with Crippen molar-refractivity contribution in [2.24, 2.45) is 0 Å². The first-order chi connectivity index (χ1) is 11.1. The number of hydrogen-bond acceptors (Lipinski definition) is 5. The summed E-state index contributed by atoms with van der Waals surface area (Å²) in [6.45, 7) is 17.9. The molecule has 7 heteroatoms. The Labute approximate surface area is 148 Å². The van der Waals surface area contributed by atoms with Gasteiger partial charge in [-0.15, -0.1) is 0 Å². The fraction of sp³-hybridized carbons (Fsp3) is 0.941. The van der Waals surface area contributed by atoms with Gasteiger partial charge in [-0.25, -0.2) is 0 Å². The summed E-state index contributed by atoms with van der Waals surface area (Å²) in [5.41, 5.74) is 1.08. The lowest BCUT2D eigenvalue weighted by Gasteiger charge is -2.50. The highest BCUT2D eigenvalue weighted by Crippen LogP contribution is 2.46. The highest BCUT2D eigenvalue weighted by atomic mass is 28.5. The normalized spacial score (nSPS) is 30.1. The van der Waals surface area contributed by atoms with Gasteiger partial charge in [0.25, 0.3) is 0 Å². The minimum absolute atomic E-state index is 0.0219.